The molecule has 3 aromatic rings. The summed E-state index contributed by atoms with van der Waals surface area (Å²) in [6.07, 6.45) is 4.48. The maximum Gasteiger partial charge on any atom is 0.150 e. The summed E-state index contributed by atoms with van der Waals surface area (Å²) >= 11 is 12.5. The molecule has 0 fully saturated rings. The molecule has 27 heavy (non-hydrogen) atoms. The highest BCUT2D eigenvalue weighted by molar-refractivity contribution is 6.35. The van der Waals surface area contributed by atoms with Crippen molar-refractivity contribution in [1.29, 1.82) is 0 Å². The topological polar surface area (TPSA) is 68.9 Å². The minimum atomic E-state index is 0.391. The standard InChI is InChI=1S/C21H19Cl2N3O/c1-2-13-10-14(6-7-15(13)12-27)20-11-25-21(24)19(26-20)9-8-16-17(22)4-3-5-18(16)23/h3-7,10-12H,2,8-9H2,1H3,(H2,24,25). The summed E-state index contributed by atoms with van der Waals surface area (Å²) in [6, 6.07) is 11.1. The van der Waals surface area contributed by atoms with Gasteiger partial charge in [0.2, 0.25) is 0 Å². The molecule has 0 amide bonds. The maximum atomic E-state index is 11.1. The highest BCUT2D eigenvalue weighted by Gasteiger charge is 2.11. The molecule has 1 aromatic heterocycles. The van der Waals surface area contributed by atoms with Crippen LogP contribution in [-0.4, -0.2) is 16.3 Å². The van der Waals surface area contributed by atoms with Crippen molar-refractivity contribution < 1.29 is 4.79 Å². The van der Waals surface area contributed by atoms with E-state index < -0.39 is 0 Å². The number of aryl methyl sites for hydroxylation is 2. The highest BCUT2D eigenvalue weighted by atomic mass is 35.5. The second-order valence-corrected chi connectivity index (χ2v) is 6.99. The molecular formula is C21H19Cl2N3O. The Kier molecular flexibility index (Phi) is 6.09. The predicted octanol–water partition coefficient (Wildman–Crippen LogP) is 5.19. The van der Waals surface area contributed by atoms with Crippen molar-refractivity contribution in [3.63, 3.8) is 0 Å². The molecule has 0 saturated heterocycles. The number of carbonyl (C=O) groups is 1. The van der Waals surface area contributed by atoms with Crippen molar-refractivity contribution in [3.8, 4) is 11.3 Å². The van der Waals surface area contributed by atoms with E-state index >= 15 is 0 Å². The average Bonchev–Trinajstić information content (AvgIpc) is 2.68. The number of halogens is 2. The molecule has 0 atom stereocenters. The van der Waals surface area contributed by atoms with Crippen LogP contribution in [0.2, 0.25) is 10.0 Å². The van der Waals surface area contributed by atoms with E-state index in [1.807, 2.05) is 43.3 Å². The van der Waals surface area contributed by atoms with Crippen LogP contribution in [0.3, 0.4) is 0 Å². The van der Waals surface area contributed by atoms with E-state index in [4.69, 9.17) is 28.9 Å². The zero-order chi connectivity index (χ0) is 19.4. The Hall–Kier alpha value is -2.43. The molecule has 1 heterocycles. The van der Waals surface area contributed by atoms with E-state index in [9.17, 15) is 4.79 Å². The SMILES string of the molecule is CCc1cc(-c2cnc(N)c(CCc3c(Cl)cccc3Cl)n2)ccc1C=O. The van der Waals surface area contributed by atoms with Gasteiger partial charge in [0.1, 0.15) is 12.1 Å². The number of aromatic nitrogens is 2. The van der Waals surface area contributed by atoms with Crippen molar-refractivity contribution in [1.82, 2.24) is 9.97 Å². The van der Waals surface area contributed by atoms with Gasteiger partial charge in [0.25, 0.3) is 0 Å². The lowest BCUT2D eigenvalue weighted by Gasteiger charge is -2.10. The van der Waals surface area contributed by atoms with Gasteiger partial charge in [-0.3, -0.25) is 4.79 Å². The van der Waals surface area contributed by atoms with Crippen molar-refractivity contribution in [2.45, 2.75) is 26.2 Å². The Bertz CT molecular complexity index is 969. The second kappa shape index (κ2) is 8.51. The summed E-state index contributed by atoms with van der Waals surface area (Å²) < 4.78 is 0. The van der Waals surface area contributed by atoms with Crippen LogP contribution < -0.4 is 5.73 Å². The third kappa shape index (κ3) is 4.29. The second-order valence-electron chi connectivity index (χ2n) is 6.17. The number of hydrogen-bond donors (Lipinski definition) is 1. The van der Waals surface area contributed by atoms with Gasteiger partial charge in [-0.1, -0.05) is 48.3 Å². The lowest BCUT2D eigenvalue weighted by Crippen LogP contribution is -2.05. The van der Waals surface area contributed by atoms with E-state index in [1.165, 1.54) is 0 Å². The number of benzene rings is 2. The van der Waals surface area contributed by atoms with Gasteiger partial charge in [-0.25, -0.2) is 9.97 Å². The van der Waals surface area contributed by atoms with E-state index in [2.05, 4.69) is 9.97 Å². The first kappa shape index (κ1) is 19.3. The molecule has 2 N–H and O–H groups in total. The largest absolute Gasteiger partial charge is 0.382 e. The zero-order valence-electron chi connectivity index (χ0n) is 14.9. The zero-order valence-corrected chi connectivity index (χ0v) is 16.4. The number of anilines is 1. The maximum absolute atomic E-state index is 11.1. The lowest BCUT2D eigenvalue weighted by molar-refractivity contribution is 0.112. The van der Waals surface area contributed by atoms with Gasteiger partial charge < -0.3 is 5.73 Å². The van der Waals surface area contributed by atoms with Crippen molar-refractivity contribution in [2.75, 3.05) is 5.73 Å². The Morgan fingerprint density at radius 3 is 2.52 bits per heavy atom. The quantitative estimate of drug-likeness (QED) is 0.578. The molecule has 0 radical (unpaired) electrons. The van der Waals surface area contributed by atoms with E-state index in [0.29, 0.717) is 40.0 Å². The number of nitrogens with zero attached hydrogens (tertiary/aromatic N) is 2. The fourth-order valence-corrected chi connectivity index (χ4v) is 3.55. The molecule has 138 valence electrons. The molecular weight excluding hydrogens is 381 g/mol. The molecule has 0 saturated carbocycles. The molecule has 0 spiro atoms. The summed E-state index contributed by atoms with van der Waals surface area (Å²) in [5.41, 5.74) is 10.9. The Balaban J connectivity index is 1.90. The van der Waals surface area contributed by atoms with Crippen LogP contribution in [0, 0.1) is 0 Å². The number of aldehydes is 1. The van der Waals surface area contributed by atoms with Gasteiger partial charge in [-0.2, -0.15) is 0 Å². The van der Waals surface area contributed by atoms with Crippen LogP contribution in [0.1, 0.15) is 34.1 Å². The number of nitrogen functional groups attached to an aromatic ring is 1. The number of rotatable bonds is 6. The first-order chi connectivity index (χ1) is 13.0. The van der Waals surface area contributed by atoms with Crippen molar-refractivity contribution in [3.05, 3.63) is 75.0 Å². The van der Waals surface area contributed by atoms with Crippen LogP contribution in [0.5, 0.6) is 0 Å². The molecule has 4 nitrogen and oxygen atoms in total. The smallest absolute Gasteiger partial charge is 0.150 e. The minimum absolute atomic E-state index is 0.391. The fourth-order valence-electron chi connectivity index (χ4n) is 2.96. The molecule has 0 aliphatic carbocycles. The van der Waals surface area contributed by atoms with Crippen LogP contribution in [-0.2, 0) is 19.3 Å². The number of carbonyl (C=O) groups excluding carboxylic acids is 1. The molecule has 0 aliphatic heterocycles. The van der Waals surface area contributed by atoms with Crippen molar-refractivity contribution >= 4 is 35.3 Å². The summed E-state index contributed by atoms with van der Waals surface area (Å²) in [7, 11) is 0. The van der Waals surface area contributed by atoms with E-state index in [0.717, 1.165) is 35.1 Å². The third-order valence-corrected chi connectivity index (χ3v) is 5.21. The van der Waals surface area contributed by atoms with Gasteiger partial charge >= 0.3 is 0 Å². The molecule has 0 unspecified atom stereocenters. The van der Waals surface area contributed by atoms with Crippen molar-refractivity contribution in [2.24, 2.45) is 0 Å². The Labute approximate surface area is 168 Å². The Morgan fingerprint density at radius 2 is 1.85 bits per heavy atom. The third-order valence-electron chi connectivity index (χ3n) is 4.50. The number of nitrogens with two attached hydrogens (primary N) is 1. The monoisotopic (exact) mass is 399 g/mol. The summed E-state index contributed by atoms with van der Waals surface area (Å²) in [6.45, 7) is 2.01. The fraction of sp³-hybridized carbons (Fsp3) is 0.190. The van der Waals surface area contributed by atoms with E-state index in [1.54, 1.807) is 6.20 Å². The van der Waals surface area contributed by atoms with Gasteiger partial charge in [0.15, 0.2) is 0 Å². The molecule has 0 bridgehead atoms. The van der Waals surface area contributed by atoms with E-state index in [-0.39, 0.29) is 0 Å². The average molecular weight is 400 g/mol. The number of hydrogen-bond acceptors (Lipinski definition) is 4. The van der Waals surface area contributed by atoms with Gasteiger partial charge in [0.05, 0.1) is 17.6 Å². The molecule has 2 aromatic carbocycles. The van der Waals surface area contributed by atoms with Gasteiger partial charge in [-0.15, -0.1) is 0 Å². The minimum Gasteiger partial charge on any atom is -0.382 e. The molecule has 3 rings (SSSR count). The lowest BCUT2D eigenvalue weighted by atomic mass is 10.0. The molecule has 6 heteroatoms. The van der Waals surface area contributed by atoms with Crippen LogP contribution in [0.25, 0.3) is 11.3 Å². The molecule has 0 aliphatic rings. The predicted molar refractivity (Wildman–Crippen MR) is 111 cm³/mol. The summed E-state index contributed by atoms with van der Waals surface area (Å²) in [5.74, 6) is 0.391. The van der Waals surface area contributed by atoms with Crippen LogP contribution >= 0.6 is 23.2 Å². The van der Waals surface area contributed by atoms with Gasteiger partial charge in [-0.05, 0) is 48.6 Å². The summed E-state index contributed by atoms with van der Waals surface area (Å²) in [5, 5.41) is 1.25. The first-order valence-corrected chi connectivity index (χ1v) is 9.41. The van der Waals surface area contributed by atoms with Gasteiger partial charge in [0, 0.05) is 21.2 Å². The summed E-state index contributed by atoms with van der Waals surface area (Å²) in [4.78, 5) is 20.1. The highest BCUT2D eigenvalue weighted by Crippen LogP contribution is 2.27. The normalized spacial score (nSPS) is 10.8. The Morgan fingerprint density at radius 1 is 1.11 bits per heavy atom. The van der Waals surface area contributed by atoms with Crippen LogP contribution in [0.4, 0.5) is 5.82 Å². The first-order valence-electron chi connectivity index (χ1n) is 8.66. The van der Waals surface area contributed by atoms with Crippen LogP contribution in [0.15, 0.2) is 42.6 Å².